The minimum absolute atomic E-state index is 0.141. The third-order valence-electron chi connectivity index (χ3n) is 7.84. The maximum Gasteiger partial charge on any atom is 0.291 e. The molecule has 9 nitrogen and oxygen atoms in total. The van der Waals surface area contributed by atoms with E-state index in [9.17, 15) is 24.5 Å². The van der Waals surface area contributed by atoms with Crippen LogP contribution in [0, 0.1) is 28.9 Å². The Morgan fingerprint density at radius 3 is 2.69 bits per heavy atom. The quantitative estimate of drug-likeness (QED) is 0.415. The van der Waals surface area contributed by atoms with Gasteiger partial charge in [0.25, 0.3) is 11.6 Å². The van der Waals surface area contributed by atoms with E-state index in [1.807, 2.05) is 24.3 Å². The fraction of sp³-hybridized carbons (Fsp3) is 0.348. The zero-order valence-corrected chi connectivity index (χ0v) is 17.3. The van der Waals surface area contributed by atoms with Crippen LogP contribution in [0.25, 0.3) is 0 Å². The van der Waals surface area contributed by atoms with Crippen LogP contribution in [-0.4, -0.2) is 35.2 Å². The normalized spacial score (nSPS) is 32.3. The van der Waals surface area contributed by atoms with Gasteiger partial charge in [-0.25, -0.2) is 4.90 Å². The molecule has 0 radical (unpaired) electrons. The Balaban J connectivity index is 1.55. The molecule has 0 aliphatic carbocycles. The number of nitro groups is 1. The van der Waals surface area contributed by atoms with E-state index in [1.54, 1.807) is 13.0 Å². The Labute approximate surface area is 183 Å². The van der Waals surface area contributed by atoms with Gasteiger partial charge in [-0.2, -0.15) is 0 Å². The summed E-state index contributed by atoms with van der Waals surface area (Å²) in [5, 5.41) is 14.4. The van der Waals surface area contributed by atoms with Crippen LogP contribution < -0.4 is 15.1 Å². The number of hydrogen-bond donors (Lipinski definition) is 2. The van der Waals surface area contributed by atoms with Gasteiger partial charge in [-0.1, -0.05) is 24.3 Å². The van der Waals surface area contributed by atoms with Crippen molar-refractivity contribution in [1.29, 1.82) is 0 Å². The molecule has 4 aliphatic rings. The van der Waals surface area contributed by atoms with Gasteiger partial charge < -0.3 is 10.2 Å². The summed E-state index contributed by atoms with van der Waals surface area (Å²) in [7, 11) is 0. The maximum absolute atomic E-state index is 13.9. The molecule has 1 spiro atoms. The SMILES string of the molecule is Cc1c(N2C(=O)[C@H]3[C@H]4CCC[NH+]4[C@@]4(C(=O)Nc5ccccc54)[C@@H]3C2=O)cccc1[N+](=O)[O-]. The second-order valence-corrected chi connectivity index (χ2v) is 9.03. The molecule has 3 saturated heterocycles. The molecule has 9 heteroatoms. The summed E-state index contributed by atoms with van der Waals surface area (Å²) in [6.07, 6.45) is 1.63. The van der Waals surface area contributed by atoms with Crippen molar-refractivity contribution in [2.24, 2.45) is 11.8 Å². The molecule has 6 rings (SSSR count). The summed E-state index contributed by atoms with van der Waals surface area (Å²) in [4.78, 5) is 54.2. The van der Waals surface area contributed by atoms with Crippen molar-refractivity contribution in [2.45, 2.75) is 31.3 Å². The predicted octanol–water partition coefficient (Wildman–Crippen LogP) is 0.917. The highest BCUT2D eigenvalue weighted by molar-refractivity contribution is 6.25. The number of rotatable bonds is 2. The number of para-hydroxylation sites is 1. The first kappa shape index (κ1) is 19.1. The number of nitrogens with zero attached hydrogens (tertiary/aromatic N) is 2. The lowest BCUT2D eigenvalue weighted by Crippen LogP contribution is -3.19. The zero-order chi connectivity index (χ0) is 22.4. The maximum atomic E-state index is 13.9. The van der Waals surface area contributed by atoms with Gasteiger partial charge in [-0.3, -0.25) is 24.5 Å². The Morgan fingerprint density at radius 1 is 1.12 bits per heavy atom. The Morgan fingerprint density at radius 2 is 1.91 bits per heavy atom. The van der Waals surface area contributed by atoms with Crippen molar-refractivity contribution in [3.8, 4) is 0 Å². The van der Waals surface area contributed by atoms with Crippen LogP contribution in [0.1, 0.15) is 24.0 Å². The van der Waals surface area contributed by atoms with Crippen molar-refractivity contribution in [1.82, 2.24) is 0 Å². The first-order valence-electron chi connectivity index (χ1n) is 10.8. The highest BCUT2D eigenvalue weighted by Gasteiger charge is 2.78. The van der Waals surface area contributed by atoms with Gasteiger partial charge in [0.15, 0.2) is 0 Å². The van der Waals surface area contributed by atoms with Gasteiger partial charge in [-0.05, 0) is 19.1 Å². The number of anilines is 2. The van der Waals surface area contributed by atoms with Gasteiger partial charge in [-0.15, -0.1) is 0 Å². The largest absolute Gasteiger partial charge is 0.320 e. The highest BCUT2D eigenvalue weighted by atomic mass is 16.6. The number of benzene rings is 2. The van der Waals surface area contributed by atoms with Crippen LogP contribution in [0.15, 0.2) is 42.5 Å². The predicted molar refractivity (Wildman–Crippen MR) is 113 cm³/mol. The molecular weight excluding hydrogens is 412 g/mol. The molecule has 2 N–H and O–H groups in total. The number of quaternary nitrogens is 1. The highest BCUT2D eigenvalue weighted by Crippen LogP contribution is 2.52. The third-order valence-corrected chi connectivity index (χ3v) is 7.84. The number of amides is 3. The fourth-order valence-electron chi connectivity index (χ4n) is 6.71. The van der Waals surface area contributed by atoms with Crippen LogP contribution in [-0.2, 0) is 19.9 Å². The molecule has 0 aromatic heterocycles. The van der Waals surface area contributed by atoms with Crippen molar-refractivity contribution in [2.75, 3.05) is 16.8 Å². The van der Waals surface area contributed by atoms with Crippen molar-refractivity contribution in [3.05, 3.63) is 63.7 Å². The molecule has 3 fully saturated rings. The lowest BCUT2D eigenvalue weighted by molar-refractivity contribution is -0.948. The Kier molecular flexibility index (Phi) is 3.72. The Bertz CT molecular complexity index is 1240. The number of carbonyl (C=O) groups excluding carboxylic acids is 3. The minimum Gasteiger partial charge on any atom is -0.320 e. The van der Waals surface area contributed by atoms with E-state index in [-0.39, 0.29) is 34.8 Å². The van der Waals surface area contributed by atoms with Crippen molar-refractivity contribution < 1.29 is 24.2 Å². The van der Waals surface area contributed by atoms with Crippen LogP contribution in [0.5, 0.6) is 0 Å². The molecule has 0 saturated carbocycles. The van der Waals surface area contributed by atoms with Gasteiger partial charge in [0, 0.05) is 24.5 Å². The van der Waals surface area contributed by atoms with Crippen molar-refractivity contribution >= 4 is 34.8 Å². The summed E-state index contributed by atoms with van der Waals surface area (Å²) in [6, 6.07) is 11.6. The lowest BCUT2D eigenvalue weighted by Gasteiger charge is -2.33. The minimum atomic E-state index is -1.15. The zero-order valence-electron chi connectivity index (χ0n) is 17.3. The van der Waals surface area contributed by atoms with E-state index in [4.69, 9.17) is 0 Å². The van der Waals surface area contributed by atoms with Crippen LogP contribution in [0.3, 0.4) is 0 Å². The number of nitrogens with one attached hydrogen (secondary N) is 2. The topological polar surface area (TPSA) is 114 Å². The molecule has 0 bridgehead atoms. The third kappa shape index (κ3) is 2.04. The number of fused-ring (bicyclic) bond motifs is 7. The molecule has 2 aromatic carbocycles. The summed E-state index contributed by atoms with van der Waals surface area (Å²) >= 11 is 0. The van der Waals surface area contributed by atoms with E-state index < -0.39 is 28.2 Å². The van der Waals surface area contributed by atoms with Crippen molar-refractivity contribution in [3.63, 3.8) is 0 Å². The lowest BCUT2D eigenvalue weighted by atomic mass is 9.75. The summed E-state index contributed by atoms with van der Waals surface area (Å²) in [6.45, 7) is 2.26. The molecule has 3 amide bonds. The number of nitro benzene ring substituents is 1. The molecule has 2 aromatic rings. The van der Waals surface area contributed by atoms with E-state index >= 15 is 0 Å². The molecule has 1 unspecified atom stereocenters. The smallest absolute Gasteiger partial charge is 0.291 e. The van der Waals surface area contributed by atoms with E-state index in [1.165, 1.54) is 12.1 Å². The van der Waals surface area contributed by atoms with Gasteiger partial charge >= 0.3 is 0 Å². The standard InChI is InChI=1S/C23H20N4O5/c1-12-15(8-4-9-16(12)27(31)32)26-20(28)18-17-10-5-11-25(17)23(19(18)21(26)29)13-6-2-3-7-14(13)24-22(23)30/h2-4,6-9,17-19H,5,10-11H2,1H3,(H,24,30)/p+1/t17-,18+,19+,23-/m1/s1. The number of imide groups is 1. The molecule has 162 valence electrons. The van der Waals surface area contributed by atoms with Gasteiger partial charge in [0.1, 0.15) is 17.9 Å². The van der Waals surface area contributed by atoms with E-state index in [0.29, 0.717) is 5.69 Å². The van der Waals surface area contributed by atoms with E-state index in [0.717, 1.165) is 34.7 Å². The van der Waals surface area contributed by atoms with Crippen LogP contribution in [0.2, 0.25) is 0 Å². The van der Waals surface area contributed by atoms with Crippen LogP contribution in [0.4, 0.5) is 17.1 Å². The molecule has 4 heterocycles. The molecule has 32 heavy (non-hydrogen) atoms. The van der Waals surface area contributed by atoms with E-state index in [2.05, 4.69) is 5.32 Å². The Hall–Kier alpha value is -3.59. The van der Waals surface area contributed by atoms with Gasteiger partial charge in [0.2, 0.25) is 17.4 Å². The number of hydrogen-bond acceptors (Lipinski definition) is 5. The first-order chi connectivity index (χ1) is 15.4. The number of carbonyl (C=O) groups is 3. The molecule has 4 aliphatic heterocycles. The summed E-state index contributed by atoms with van der Waals surface area (Å²) in [5.41, 5.74) is 0.634. The molecule has 5 atom stereocenters. The summed E-state index contributed by atoms with van der Waals surface area (Å²) < 4.78 is 0. The molecular formula is C23H21N4O5+. The average Bonchev–Trinajstić information content (AvgIpc) is 3.47. The second kappa shape index (κ2) is 6.23. The summed E-state index contributed by atoms with van der Waals surface area (Å²) in [5.74, 6) is -2.51. The monoisotopic (exact) mass is 433 g/mol. The van der Waals surface area contributed by atoms with Gasteiger partial charge in [0.05, 0.1) is 28.4 Å². The van der Waals surface area contributed by atoms with Crippen LogP contribution >= 0.6 is 0 Å². The second-order valence-electron chi connectivity index (χ2n) is 9.03. The fourth-order valence-corrected chi connectivity index (χ4v) is 6.71. The first-order valence-corrected chi connectivity index (χ1v) is 10.8. The average molecular weight is 433 g/mol.